The van der Waals surface area contributed by atoms with Gasteiger partial charge < -0.3 is 9.84 Å². The number of ketones is 1. The number of allylic oxidation sites excluding steroid dienone is 1. The molecule has 1 N–H and O–H groups in total. The highest BCUT2D eigenvalue weighted by molar-refractivity contribution is 6.08. The van der Waals surface area contributed by atoms with E-state index in [4.69, 9.17) is 14.7 Å². The topological polar surface area (TPSA) is 72.3 Å². The summed E-state index contributed by atoms with van der Waals surface area (Å²) in [6, 6.07) is 14.7. The molecule has 170 valence electrons. The predicted molar refractivity (Wildman–Crippen MR) is 130 cm³/mol. The van der Waals surface area contributed by atoms with Crippen LogP contribution in [0.4, 0.5) is 0 Å². The average Bonchev–Trinajstić information content (AvgIpc) is 2.83. The zero-order valence-corrected chi connectivity index (χ0v) is 19.3. The SMILES string of the molecule is C=C(CCc1c(C)nc(C2CCOCC2)nc1-c1cccc(O)c1)C(=O)c1ccc(C)cc1. The van der Waals surface area contributed by atoms with Crippen molar-refractivity contribution >= 4 is 5.78 Å². The number of phenolic OH excluding ortho intramolecular Hbond substituents is 1. The Kier molecular flexibility index (Phi) is 6.99. The van der Waals surface area contributed by atoms with Crippen molar-refractivity contribution in [3.05, 3.63) is 88.9 Å². The molecule has 4 rings (SSSR count). The average molecular weight is 443 g/mol. The Bertz CT molecular complexity index is 1160. The zero-order valence-electron chi connectivity index (χ0n) is 19.3. The van der Waals surface area contributed by atoms with Gasteiger partial charge in [0.05, 0.1) is 5.69 Å². The Morgan fingerprint density at radius 2 is 1.82 bits per heavy atom. The van der Waals surface area contributed by atoms with Crippen molar-refractivity contribution in [2.75, 3.05) is 13.2 Å². The number of Topliss-reactive ketones (excluding diaryl/α,β-unsaturated/α-hetero) is 1. The number of aromatic nitrogens is 2. The van der Waals surface area contributed by atoms with Gasteiger partial charge in [0.1, 0.15) is 11.6 Å². The first-order valence-corrected chi connectivity index (χ1v) is 11.5. The summed E-state index contributed by atoms with van der Waals surface area (Å²) in [5.41, 5.74) is 5.88. The van der Waals surface area contributed by atoms with Crippen LogP contribution in [0.5, 0.6) is 5.75 Å². The number of aryl methyl sites for hydroxylation is 2. The standard InChI is InChI=1S/C28H30N2O3/c1-18-7-10-21(11-8-18)27(32)19(2)9-12-25-20(3)29-28(22-13-15-33-16-14-22)30-26(25)23-5-4-6-24(31)17-23/h4-8,10-11,17,22,31H,2,9,12-16H2,1,3H3. The van der Waals surface area contributed by atoms with Crippen LogP contribution in [0.25, 0.3) is 11.3 Å². The first-order chi connectivity index (χ1) is 15.9. The van der Waals surface area contributed by atoms with Gasteiger partial charge in [-0.2, -0.15) is 0 Å². The summed E-state index contributed by atoms with van der Waals surface area (Å²) in [5.74, 6) is 1.25. The second-order valence-corrected chi connectivity index (χ2v) is 8.73. The Hall–Kier alpha value is -3.31. The van der Waals surface area contributed by atoms with Crippen molar-refractivity contribution in [2.45, 2.75) is 45.4 Å². The van der Waals surface area contributed by atoms with E-state index in [-0.39, 0.29) is 17.5 Å². The number of ether oxygens (including phenoxy) is 1. The van der Waals surface area contributed by atoms with Crippen LogP contribution in [-0.2, 0) is 11.2 Å². The molecule has 5 heteroatoms. The highest BCUT2D eigenvalue weighted by atomic mass is 16.5. The van der Waals surface area contributed by atoms with E-state index < -0.39 is 0 Å². The van der Waals surface area contributed by atoms with Crippen LogP contribution < -0.4 is 0 Å². The van der Waals surface area contributed by atoms with Crippen molar-refractivity contribution in [1.82, 2.24) is 9.97 Å². The quantitative estimate of drug-likeness (QED) is 0.374. The van der Waals surface area contributed by atoms with E-state index in [9.17, 15) is 9.90 Å². The molecule has 0 bridgehead atoms. The molecule has 1 aliphatic heterocycles. The molecule has 1 aromatic heterocycles. The molecule has 0 aliphatic carbocycles. The van der Waals surface area contributed by atoms with E-state index in [1.807, 2.05) is 50.2 Å². The van der Waals surface area contributed by atoms with Crippen molar-refractivity contribution < 1.29 is 14.6 Å². The lowest BCUT2D eigenvalue weighted by atomic mass is 9.94. The number of benzene rings is 2. The maximum absolute atomic E-state index is 12.8. The number of hydrogen-bond donors (Lipinski definition) is 1. The third-order valence-corrected chi connectivity index (χ3v) is 6.25. The summed E-state index contributed by atoms with van der Waals surface area (Å²) in [6.07, 6.45) is 2.92. The Morgan fingerprint density at radius 3 is 2.52 bits per heavy atom. The van der Waals surface area contributed by atoms with Gasteiger partial charge in [0.15, 0.2) is 5.78 Å². The highest BCUT2D eigenvalue weighted by Crippen LogP contribution is 2.32. The molecule has 1 aliphatic rings. The lowest BCUT2D eigenvalue weighted by molar-refractivity contribution is 0.0835. The van der Waals surface area contributed by atoms with Crippen LogP contribution in [0.3, 0.4) is 0 Å². The summed E-state index contributed by atoms with van der Waals surface area (Å²) in [6.45, 7) is 9.50. The third-order valence-electron chi connectivity index (χ3n) is 6.25. The second-order valence-electron chi connectivity index (χ2n) is 8.73. The monoisotopic (exact) mass is 442 g/mol. The molecule has 2 heterocycles. The molecule has 2 aromatic carbocycles. The van der Waals surface area contributed by atoms with Gasteiger partial charge in [0.2, 0.25) is 0 Å². The molecule has 0 radical (unpaired) electrons. The zero-order chi connectivity index (χ0) is 23.4. The van der Waals surface area contributed by atoms with Crippen molar-refractivity contribution in [2.24, 2.45) is 0 Å². The highest BCUT2D eigenvalue weighted by Gasteiger charge is 2.22. The van der Waals surface area contributed by atoms with E-state index in [1.54, 1.807) is 12.1 Å². The van der Waals surface area contributed by atoms with Crippen LogP contribution in [0, 0.1) is 13.8 Å². The van der Waals surface area contributed by atoms with Gasteiger partial charge >= 0.3 is 0 Å². The summed E-state index contributed by atoms with van der Waals surface area (Å²) in [4.78, 5) is 22.7. The van der Waals surface area contributed by atoms with Gasteiger partial charge in [0, 0.05) is 41.5 Å². The number of carbonyl (C=O) groups is 1. The number of carbonyl (C=O) groups excluding carboxylic acids is 1. The molecule has 0 saturated carbocycles. The van der Waals surface area contributed by atoms with Gasteiger partial charge in [-0.1, -0.05) is 48.5 Å². The van der Waals surface area contributed by atoms with Gasteiger partial charge in [-0.05, 0) is 57.2 Å². The molecule has 0 amide bonds. The summed E-state index contributed by atoms with van der Waals surface area (Å²) >= 11 is 0. The molecular formula is C28H30N2O3. The molecule has 1 fully saturated rings. The molecule has 0 spiro atoms. The fourth-order valence-corrected chi connectivity index (χ4v) is 4.25. The number of nitrogens with zero attached hydrogens (tertiary/aromatic N) is 2. The summed E-state index contributed by atoms with van der Waals surface area (Å²) in [5, 5.41) is 10.1. The van der Waals surface area contributed by atoms with Crippen molar-refractivity contribution in [3.63, 3.8) is 0 Å². The Labute approximate surface area is 195 Å². The third kappa shape index (κ3) is 5.37. The van der Waals surface area contributed by atoms with Crippen LogP contribution >= 0.6 is 0 Å². The first-order valence-electron chi connectivity index (χ1n) is 11.5. The molecule has 3 aromatic rings. The van der Waals surface area contributed by atoms with Gasteiger partial charge in [-0.3, -0.25) is 4.79 Å². The minimum Gasteiger partial charge on any atom is -0.508 e. The summed E-state index contributed by atoms with van der Waals surface area (Å²) in [7, 11) is 0. The minimum atomic E-state index is -0.0358. The van der Waals surface area contributed by atoms with E-state index >= 15 is 0 Å². The van der Waals surface area contributed by atoms with E-state index in [2.05, 4.69) is 6.58 Å². The fraction of sp³-hybridized carbons (Fsp3) is 0.321. The van der Waals surface area contributed by atoms with E-state index in [1.165, 1.54) is 0 Å². The second kappa shape index (κ2) is 10.1. The molecular weight excluding hydrogens is 412 g/mol. The van der Waals surface area contributed by atoms with Gasteiger partial charge in [-0.25, -0.2) is 9.97 Å². The minimum absolute atomic E-state index is 0.0358. The van der Waals surface area contributed by atoms with Crippen LogP contribution in [0.1, 0.15) is 58.2 Å². The first kappa shape index (κ1) is 22.9. The fourth-order valence-electron chi connectivity index (χ4n) is 4.25. The van der Waals surface area contributed by atoms with Crippen molar-refractivity contribution in [3.8, 4) is 17.0 Å². The van der Waals surface area contributed by atoms with Crippen LogP contribution in [0.15, 0.2) is 60.7 Å². The van der Waals surface area contributed by atoms with Gasteiger partial charge in [0.25, 0.3) is 0 Å². The lowest BCUT2D eigenvalue weighted by Crippen LogP contribution is -2.18. The van der Waals surface area contributed by atoms with Crippen LogP contribution in [0.2, 0.25) is 0 Å². The van der Waals surface area contributed by atoms with Gasteiger partial charge in [-0.15, -0.1) is 0 Å². The Balaban J connectivity index is 1.62. The molecule has 0 atom stereocenters. The smallest absolute Gasteiger partial charge is 0.188 e. The number of aromatic hydroxyl groups is 1. The lowest BCUT2D eigenvalue weighted by Gasteiger charge is -2.23. The van der Waals surface area contributed by atoms with Crippen LogP contribution in [-0.4, -0.2) is 34.1 Å². The van der Waals surface area contributed by atoms with E-state index in [0.29, 0.717) is 24.0 Å². The number of rotatable bonds is 7. The summed E-state index contributed by atoms with van der Waals surface area (Å²) < 4.78 is 5.51. The predicted octanol–water partition coefficient (Wildman–Crippen LogP) is 5.73. The largest absolute Gasteiger partial charge is 0.508 e. The maximum atomic E-state index is 12.8. The normalized spacial score (nSPS) is 14.2. The maximum Gasteiger partial charge on any atom is 0.188 e. The number of phenols is 1. The molecule has 33 heavy (non-hydrogen) atoms. The number of hydrogen-bond acceptors (Lipinski definition) is 5. The molecule has 1 saturated heterocycles. The molecule has 0 unspecified atom stereocenters. The van der Waals surface area contributed by atoms with E-state index in [0.717, 1.165) is 60.0 Å². The Morgan fingerprint density at radius 1 is 1.09 bits per heavy atom. The molecule has 5 nitrogen and oxygen atoms in total. The van der Waals surface area contributed by atoms with Crippen molar-refractivity contribution in [1.29, 1.82) is 0 Å².